The van der Waals surface area contributed by atoms with Gasteiger partial charge in [-0.1, -0.05) is 6.92 Å². The lowest BCUT2D eigenvalue weighted by molar-refractivity contribution is 0.353. The van der Waals surface area contributed by atoms with E-state index in [4.69, 9.17) is 0 Å². The molecule has 0 aliphatic carbocycles. The maximum absolute atomic E-state index is 4.62. The molecule has 2 fully saturated rings. The Bertz CT molecular complexity index is 447. The molecule has 2 bridgehead atoms. The molecule has 1 N–H and O–H groups in total. The molecule has 2 aliphatic heterocycles. The molecule has 0 amide bonds. The van der Waals surface area contributed by atoms with E-state index in [-0.39, 0.29) is 0 Å². The molecule has 3 heterocycles. The van der Waals surface area contributed by atoms with E-state index in [0.717, 1.165) is 35.8 Å². The number of nitrogens with zero attached hydrogens (tertiary/aromatic N) is 3. The second-order valence-electron chi connectivity index (χ2n) is 5.99. The Kier molecular flexibility index (Phi) is 3.44. The fourth-order valence-corrected chi connectivity index (χ4v) is 3.50. The van der Waals surface area contributed by atoms with Crippen LogP contribution in [0.4, 0.5) is 5.82 Å². The van der Waals surface area contributed by atoms with Crippen molar-refractivity contribution in [2.24, 2.45) is 0 Å². The zero-order chi connectivity index (χ0) is 13.4. The normalized spacial score (nSPS) is 29.5. The molecule has 3 rings (SSSR count). The maximum Gasteiger partial charge on any atom is 0.132 e. The van der Waals surface area contributed by atoms with Crippen molar-refractivity contribution in [1.29, 1.82) is 0 Å². The van der Waals surface area contributed by atoms with Gasteiger partial charge in [-0.3, -0.25) is 0 Å². The smallest absolute Gasteiger partial charge is 0.132 e. The summed E-state index contributed by atoms with van der Waals surface area (Å²) in [4.78, 5) is 11.5. The second kappa shape index (κ2) is 5.08. The number of hydrogen-bond donors (Lipinski definition) is 1. The van der Waals surface area contributed by atoms with Crippen molar-refractivity contribution in [2.45, 2.75) is 64.1 Å². The summed E-state index contributed by atoms with van der Waals surface area (Å²) in [6.45, 7) is 4.14. The SMILES string of the molecule is CCc1cc(N(C)C2CC3CCC(C2)N3)nc(C)n1. The number of aryl methyl sites for hydroxylation is 2. The predicted molar refractivity (Wildman–Crippen MR) is 77.5 cm³/mol. The fraction of sp³-hybridized carbons (Fsp3) is 0.733. The highest BCUT2D eigenvalue weighted by Gasteiger charge is 2.35. The van der Waals surface area contributed by atoms with E-state index in [9.17, 15) is 0 Å². The molecule has 2 atom stereocenters. The maximum atomic E-state index is 4.62. The van der Waals surface area contributed by atoms with E-state index >= 15 is 0 Å². The minimum absolute atomic E-state index is 0.623. The van der Waals surface area contributed by atoms with Crippen LogP contribution < -0.4 is 10.2 Å². The number of hydrogen-bond acceptors (Lipinski definition) is 4. The summed E-state index contributed by atoms with van der Waals surface area (Å²) in [5.41, 5.74) is 1.14. The van der Waals surface area contributed by atoms with Gasteiger partial charge in [-0.25, -0.2) is 9.97 Å². The van der Waals surface area contributed by atoms with Crippen LogP contribution in [0.1, 0.15) is 44.1 Å². The van der Waals surface area contributed by atoms with Gasteiger partial charge in [0.2, 0.25) is 0 Å². The predicted octanol–water partition coefficient (Wildman–Crippen LogP) is 2.07. The highest BCUT2D eigenvalue weighted by Crippen LogP contribution is 2.31. The first-order chi connectivity index (χ1) is 9.15. The van der Waals surface area contributed by atoms with Crippen molar-refractivity contribution in [3.8, 4) is 0 Å². The Hall–Kier alpha value is -1.16. The van der Waals surface area contributed by atoms with Crippen molar-refractivity contribution >= 4 is 5.82 Å². The van der Waals surface area contributed by atoms with E-state index in [1.54, 1.807) is 0 Å². The molecule has 1 aromatic rings. The molecular weight excluding hydrogens is 236 g/mol. The van der Waals surface area contributed by atoms with E-state index in [0.29, 0.717) is 6.04 Å². The summed E-state index contributed by atoms with van der Waals surface area (Å²) in [6, 6.07) is 4.22. The molecule has 0 aromatic carbocycles. The lowest BCUT2D eigenvalue weighted by Gasteiger charge is -2.36. The summed E-state index contributed by atoms with van der Waals surface area (Å²) >= 11 is 0. The molecule has 0 saturated carbocycles. The minimum Gasteiger partial charge on any atom is -0.356 e. The zero-order valence-corrected chi connectivity index (χ0v) is 12.2. The summed E-state index contributed by atoms with van der Waals surface area (Å²) in [5, 5.41) is 3.70. The van der Waals surface area contributed by atoms with Crippen LogP contribution in [0.2, 0.25) is 0 Å². The Labute approximate surface area is 115 Å². The van der Waals surface area contributed by atoms with Gasteiger partial charge in [-0.15, -0.1) is 0 Å². The summed E-state index contributed by atoms with van der Waals surface area (Å²) < 4.78 is 0. The lowest BCUT2D eigenvalue weighted by Crippen LogP contribution is -2.47. The van der Waals surface area contributed by atoms with Crippen molar-refractivity contribution < 1.29 is 0 Å². The van der Waals surface area contributed by atoms with Gasteiger partial charge in [-0.2, -0.15) is 0 Å². The number of anilines is 1. The largest absolute Gasteiger partial charge is 0.356 e. The first kappa shape index (κ1) is 12.9. The Balaban J connectivity index is 1.79. The number of piperidine rings is 1. The standard InChI is InChI=1S/C15H24N4/c1-4-11-9-15(17-10(2)16-11)19(3)14-7-12-5-6-13(8-14)18-12/h9,12-14,18H,4-8H2,1-3H3. The summed E-state index contributed by atoms with van der Waals surface area (Å²) in [5.74, 6) is 1.98. The molecule has 19 heavy (non-hydrogen) atoms. The van der Waals surface area contributed by atoms with Gasteiger partial charge in [0, 0.05) is 36.9 Å². The summed E-state index contributed by atoms with van der Waals surface area (Å²) in [7, 11) is 2.19. The van der Waals surface area contributed by atoms with Crippen LogP contribution in [-0.4, -0.2) is 35.1 Å². The zero-order valence-electron chi connectivity index (χ0n) is 12.2. The third-order valence-corrected chi connectivity index (χ3v) is 4.60. The van der Waals surface area contributed by atoms with E-state index in [2.05, 4.69) is 40.2 Å². The van der Waals surface area contributed by atoms with Crippen LogP contribution in [0, 0.1) is 6.92 Å². The highest BCUT2D eigenvalue weighted by atomic mass is 15.2. The van der Waals surface area contributed by atoms with Crippen LogP contribution in [0.5, 0.6) is 0 Å². The third-order valence-electron chi connectivity index (χ3n) is 4.60. The van der Waals surface area contributed by atoms with Gasteiger partial charge in [0.25, 0.3) is 0 Å². The van der Waals surface area contributed by atoms with Crippen LogP contribution in [0.3, 0.4) is 0 Å². The molecule has 0 spiro atoms. The van der Waals surface area contributed by atoms with Crippen molar-refractivity contribution in [3.63, 3.8) is 0 Å². The molecule has 104 valence electrons. The van der Waals surface area contributed by atoms with Crippen LogP contribution in [0.25, 0.3) is 0 Å². The van der Waals surface area contributed by atoms with Gasteiger partial charge in [0.1, 0.15) is 11.6 Å². The molecule has 2 unspecified atom stereocenters. The molecule has 4 heteroatoms. The number of rotatable bonds is 3. The first-order valence-electron chi connectivity index (χ1n) is 7.49. The number of fused-ring (bicyclic) bond motifs is 2. The van der Waals surface area contributed by atoms with Gasteiger partial charge in [0.05, 0.1) is 0 Å². The Morgan fingerprint density at radius 1 is 1.26 bits per heavy atom. The molecule has 4 nitrogen and oxygen atoms in total. The second-order valence-corrected chi connectivity index (χ2v) is 5.99. The topological polar surface area (TPSA) is 41.0 Å². The minimum atomic E-state index is 0.623. The average Bonchev–Trinajstić information content (AvgIpc) is 2.75. The van der Waals surface area contributed by atoms with Crippen molar-refractivity contribution in [1.82, 2.24) is 15.3 Å². The molecule has 0 radical (unpaired) electrons. The average molecular weight is 260 g/mol. The number of aromatic nitrogens is 2. The van der Waals surface area contributed by atoms with E-state index < -0.39 is 0 Å². The number of nitrogens with one attached hydrogen (secondary N) is 1. The first-order valence-corrected chi connectivity index (χ1v) is 7.49. The van der Waals surface area contributed by atoms with E-state index in [1.165, 1.54) is 25.7 Å². The third kappa shape index (κ3) is 2.59. The molecule has 2 saturated heterocycles. The molecule has 2 aliphatic rings. The summed E-state index contributed by atoms with van der Waals surface area (Å²) in [6.07, 6.45) is 6.16. The Morgan fingerprint density at radius 3 is 2.58 bits per heavy atom. The molecular formula is C15H24N4. The van der Waals surface area contributed by atoms with Gasteiger partial charge in [0.15, 0.2) is 0 Å². The fourth-order valence-electron chi connectivity index (χ4n) is 3.50. The van der Waals surface area contributed by atoms with Crippen LogP contribution >= 0.6 is 0 Å². The van der Waals surface area contributed by atoms with Crippen molar-refractivity contribution in [3.05, 3.63) is 17.6 Å². The monoisotopic (exact) mass is 260 g/mol. The quantitative estimate of drug-likeness (QED) is 0.903. The Morgan fingerprint density at radius 2 is 1.95 bits per heavy atom. The highest BCUT2D eigenvalue weighted by molar-refractivity contribution is 5.40. The van der Waals surface area contributed by atoms with Crippen molar-refractivity contribution in [2.75, 3.05) is 11.9 Å². The molecule has 1 aromatic heterocycles. The van der Waals surface area contributed by atoms with Gasteiger partial charge >= 0.3 is 0 Å². The van der Waals surface area contributed by atoms with Crippen LogP contribution in [0.15, 0.2) is 6.07 Å². The van der Waals surface area contributed by atoms with Gasteiger partial charge < -0.3 is 10.2 Å². The van der Waals surface area contributed by atoms with E-state index in [1.807, 2.05) is 6.92 Å². The van der Waals surface area contributed by atoms with Crippen LogP contribution in [-0.2, 0) is 6.42 Å². The lowest BCUT2D eigenvalue weighted by atomic mass is 9.98. The van der Waals surface area contributed by atoms with Gasteiger partial charge in [-0.05, 0) is 39.0 Å².